The fraction of sp³-hybridized carbons (Fsp3) is 0.533. The number of amides is 1. The Hall–Kier alpha value is -1.75. The van der Waals surface area contributed by atoms with Crippen LogP contribution < -0.4 is 10.1 Å². The third kappa shape index (κ3) is 3.42. The molecule has 1 aromatic rings. The number of ether oxygens (including phenoxy) is 3. The highest BCUT2D eigenvalue weighted by Gasteiger charge is 2.43. The van der Waals surface area contributed by atoms with Crippen molar-refractivity contribution >= 4 is 11.8 Å². The highest BCUT2D eigenvalue weighted by molar-refractivity contribution is 5.85. The summed E-state index contributed by atoms with van der Waals surface area (Å²) in [5.74, 6) is 0.693. The van der Waals surface area contributed by atoms with Gasteiger partial charge in [-0.15, -0.1) is 0 Å². The Bertz CT molecular complexity index is 515. The summed E-state index contributed by atoms with van der Waals surface area (Å²) < 4.78 is 16.0. The number of anilines is 1. The van der Waals surface area contributed by atoms with Crippen LogP contribution in [-0.4, -0.2) is 25.4 Å². The van der Waals surface area contributed by atoms with Gasteiger partial charge in [-0.25, -0.2) is 4.79 Å². The molecule has 0 spiro atoms. The lowest BCUT2D eigenvalue weighted by molar-refractivity contribution is 0.0636. The van der Waals surface area contributed by atoms with Gasteiger partial charge in [-0.1, -0.05) is 6.07 Å². The molecule has 1 aromatic carbocycles. The van der Waals surface area contributed by atoms with Crippen molar-refractivity contribution in [2.24, 2.45) is 0 Å². The van der Waals surface area contributed by atoms with Crippen LogP contribution in [-0.2, 0) is 15.1 Å². The third-order valence-corrected chi connectivity index (χ3v) is 2.99. The number of rotatable bonds is 3. The molecule has 0 radical (unpaired) electrons. The van der Waals surface area contributed by atoms with Crippen LogP contribution >= 0.6 is 0 Å². The van der Waals surface area contributed by atoms with Crippen LogP contribution in [0.25, 0.3) is 0 Å². The normalized spacial score (nSPS) is 21.2. The Morgan fingerprint density at radius 2 is 2.05 bits per heavy atom. The summed E-state index contributed by atoms with van der Waals surface area (Å²) in [6, 6.07) is 5.49. The lowest BCUT2D eigenvalue weighted by Gasteiger charge is -2.20. The minimum absolute atomic E-state index is 0.268. The Morgan fingerprint density at radius 3 is 2.55 bits per heavy atom. The van der Waals surface area contributed by atoms with Crippen molar-refractivity contribution in [3.05, 3.63) is 23.8 Å². The van der Waals surface area contributed by atoms with Crippen molar-refractivity contribution in [1.29, 1.82) is 0 Å². The van der Waals surface area contributed by atoms with Gasteiger partial charge in [0.05, 0.1) is 13.7 Å². The van der Waals surface area contributed by atoms with Crippen molar-refractivity contribution in [1.82, 2.24) is 0 Å². The quantitative estimate of drug-likeness (QED) is 0.862. The molecule has 1 unspecified atom stereocenters. The number of methoxy groups -OCH3 is 1. The maximum atomic E-state index is 11.7. The van der Waals surface area contributed by atoms with Gasteiger partial charge in [0, 0.05) is 17.3 Å². The molecule has 1 N–H and O–H groups in total. The van der Waals surface area contributed by atoms with E-state index in [1.165, 1.54) is 0 Å². The number of nitrogens with one attached hydrogen (secondary N) is 1. The second-order valence-corrected chi connectivity index (χ2v) is 6.06. The Morgan fingerprint density at radius 1 is 1.40 bits per heavy atom. The van der Waals surface area contributed by atoms with Gasteiger partial charge in [0.1, 0.15) is 17.0 Å². The number of carbonyl (C=O) groups excluding carboxylic acids is 1. The molecule has 0 bridgehead atoms. The Labute approximate surface area is 119 Å². The Kier molecular flexibility index (Phi) is 3.65. The van der Waals surface area contributed by atoms with Gasteiger partial charge in [0.25, 0.3) is 0 Å². The molecule has 0 aliphatic carbocycles. The second kappa shape index (κ2) is 4.98. The van der Waals surface area contributed by atoms with Crippen molar-refractivity contribution in [2.75, 3.05) is 19.0 Å². The van der Waals surface area contributed by atoms with Gasteiger partial charge in [0.2, 0.25) is 0 Å². The van der Waals surface area contributed by atoms with Gasteiger partial charge >= 0.3 is 6.09 Å². The van der Waals surface area contributed by atoms with E-state index in [1.807, 2.05) is 39.8 Å². The highest BCUT2D eigenvalue weighted by atomic mass is 16.6. The second-order valence-electron chi connectivity index (χ2n) is 6.06. The summed E-state index contributed by atoms with van der Waals surface area (Å²) in [6.45, 7) is 8.15. The zero-order chi connectivity index (χ0) is 15.0. The van der Waals surface area contributed by atoms with E-state index in [1.54, 1.807) is 13.2 Å². The van der Waals surface area contributed by atoms with E-state index in [2.05, 4.69) is 5.32 Å². The van der Waals surface area contributed by atoms with E-state index in [0.29, 0.717) is 18.0 Å². The van der Waals surface area contributed by atoms with Crippen molar-refractivity contribution in [3.8, 4) is 5.75 Å². The monoisotopic (exact) mass is 279 g/mol. The first-order valence-corrected chi connectivity index (χ1v) is 6.56. The maximum Gasteiger partial charge on any atom is 0.412 e. The van der Waals surface area contributed by atoms with Crippen molar-refractivity contribution < 1.29 is 19.0 Å². The third-order valence-electron chi connectivity index (χ3n) is 2.99. The average molecular weight is 279 g/mol. The summed E-state index contributed by atoms with van der Waals surface area (Å²) >= 11 is 0. The largest absolute Gasteiger partial charge is 0.496 e. The molecule has 1 aliphatic rings. The predicted octanol–water partition coefficient (Wildman–Crippen LogP) is 3.29. The van der Waals surface area contributed by atoms with Crippen molar-refractivity contribution in [3.63, 3.8) is 0 Å². The SMILES string of the molecule is COc1cc(NC(=O)OC(C)(C)C)ccc1C1(C)CO1. The number of benzene rings is 1. The first-order valence-electron chi connectivity index (χ1n) is 6.56. The zero-order valence-corrected chi connectivity index (χ0v) is 12.6. The van der Waals surface area contributed by atoms with Crippen LogP contribution in [0.5, 0.6) is 5.75 Å². The number of hydrogen-bond donors (Lipinski definition) is 1. The van der Waals surface area contributed by atoms with Crippen LogP contribution in [0.2, 0.25) is 0 Å². The number of hydrogen-bond acceptors (Lipinski definition) is 4. The molecule has 0 aromatic heterocycles. The molecule has 1 atom stereocenters. The molecule has 0 saturated carbocycles. The molecule has 5 heteroatoms. The summed E-state index contributed by atoms with van der Waals surface area (Å²) in [6.07, 6.45) is -0.485. The van der Waals surface area contributed by atoms with Crippen LogP contribution in [0.3, 0.4) is 0 Å². The predicted molar refractivity (Wildman–Crippen MR) is 76.2 cm³/mol. The van der Waals surface area contributed by atoms with E-state index in [-0.39, 0.29) is 5.60 Å². The molecule has 5 nitrogen and oxygen atoms in total. The fourth-order valence-electron chi connectivity index (χ4n) is 1.89. The van der Waals surface area contributed by atoms with Crippen LogP contribution in [0.1, 0.15) is 33.3 Å². The van der Waals surface area contributed by atoms with E-state index in [4.69, 9.17) is 14.2 Å². The summed E-state index contributed by atoms with van der Waals surface area (Å²) in [5, 5.41) is 2.69. The highest BCUT2D eigenvalue weighted by Crippen LogP contribution is 2.43. The Balaban J connectivity index is 2.12. The minimum Gasteiger partial charge on any atom is -0.496 e. The summed E-state index contributed by atoms with van der Waals surface area (Å²) in [5.41, 5.74) is 0.818. The topological polar surface area (TPSA) is 60.1 Å². The molecule has 1 amide bonds. The van der Waals surface area contributed by atoms with Gasteiger partial charge in [-0.05, 0) is 33.8 Å². The van der Waals surface area contributed by atoms with Gasteiger partial charge in [0.15, 0.2) is 0 Å². The van der Waals surface area contributed by atoms with Crippen molar-refractivity contribution in [2.45, 2.75) is 38.9 Å². The van der Waals surface area contributed by atoms with E-state index in [9.17, 15) is 4.79 Å². The molecular weight excluding hydrogens is 258 g/mol. The first kappa shape index (κ1) is 14.7. The van der Waals surface area contributed by atoms with Gasteiger partial charge < -0.3 is 14.2 Å². The lowest BCUT2D eigenvalue weighted by atomic mass is 10.0. The molecule has 1 aliphatic heterocycles. The smallest absolute Gasteiger partial charge is 0.412 e. The summed E-state index contributed by atoms with van der Waals surface area (Å²) in [7, 11) is 1.60. The molecule has 1 fully saturated rings. The molecule has 20 heavy (non-hydrogen) atoms. The minimum atomic E-state index is -0.524. The molecule has 110 valence electrons. The van der Waals surface area contributed by atoms with E-state index < -0.39 is 11.7 Å². The maximum absolute atomic E-state index is 11.7. The molecular formula is C15H21NO4. The molecule has 2 rings (SSSR count). The van der Waals surface area contributed by atoms with Gasteiger partial charge in [-0.3, -0.25) is 5.32 Å². The fourth-order valence-corrected chi connectivity index (χ4v) is 1.89. The lowest BCUT2D eigenvalue weighted by Crippen LogP contribution is -2.27. The number of epoxide rings is 1. The molecule has 1 saturated heterocycles. The van der Waals surface area contributed by atoms with Crippen LogP contribution in [0, 0.1) is 0 Å². The average Bonchev–Trinajstić information content (AvgIpc) is 3.05. The summed E-state index contributed by atoms with van der Waals surface area (Å²) in [4.78, 5) is 11.7. The van der Waals surface area contributed by atoms with Crippen LogP contribution in [0.4, 0.5) is 10.5 Å². The van der Waals surface area contributed by atoms with E-state index >= 15 is 0 Å². The van der Waals surface area contributed by atoms with Crippen LogP contribution in [0.15, 0.2) is 18.2 Å². The molecule has 1 heterocycles. The number of carbonyl (C=O) groups is 1. The first-order chi connectivity index (χ1) is 9.23. The standard InChI is InChI=1S/C15H21NO4/c1-14(2,3)20-13(17)16-10-6-7-11(12(8-10)18-5)15(4)9-19-15/h6-8H,9H2,1-5H3,(H,16,17). The van der Waals surface area contributed by atoms with Gasteiger partial charge in [-0.2, -0.15) is 0 Å². The zero-order valence-electron chi connectivity index (χ0n) is 12.6. The van der Waals surface area contributed by atoms with E-state index in [0.717, 1.165) is 5.56 Å².